The molecule has 2 N–H and O–H groups in total. The van der Waals surface area contributed by atoms with E-state index in [0.717, 1.165) is 38.1 Å². The summed E-state index contributed by atoms with van der Waals surface area (Å²) < 4.78 is 5.30. The molecule has 3 heteroatoms. The van der Waals surface area contributed by atoms with Crippen LogP contribution in [0.3, 0.4) is 0 Å². The molecule has 1 saturated carbocycles. The van der Waals surface area contributed by atoms with Crippen LogP contribution in [0.2, 0.25) is 0 Å². The summed E-state index contributed by atoms with van der Waals surface area (Å²) in [6.07, 6.45) is 3.78. The molecule has 0 aromatic rings. The van der Waals surface area contributed by atoms with Crippen LogP contribution in [0.4, 0.5) is 0 Å². The van der Waals surface area contributed by atoms with Crippen molar-refractivity contribution < 1.29 is 4.74 Å². The lowest BCUT2D eigenvalue weighted by Crippen LogP contribution is -2.58. The molecule has 114 valence electrons. The summed E-state index contributed by atoms with van der Waals surface area (Å²) in [6.45, 7) is 13.1. The van der Waals surface area contributed by atoms with Crippen molar-refractivity contribution in [2.75, 3.05) is 33.4 Å². The smallest absolute Gasteiger partial charge is 0.0589 e. The Balaban J connectivity index is 2.81. The standard InChI is InChI=1S/C16H34N2O/c1-13(2)11-18(8-9-19-5)16(12-17)7-6-14(3)15(4)10-16/h13-15H,6-12,17H2,1-5H3. The maximum Gasteiger partial charge on any atom is 0.0589 e. The fourth-order valence-electron chi connectivity index (χ4n) is 3.45. The van der Waals surface area contributed by atoms with Gasteiger partial charge in [0.2, 0.25) is 0 Å². The van der Waals surface area contributed by atoms with E-state index >= 15 is 0 Å². The third kappa shape index (κ3) is 4.44. The molecule has 0 aliphatic heterocycles. The molecule has 19 heavy (non-hydrogen) atoms. The molecule has 0 aromatic heterocycles. The normalized spacial score (nSPS) is 32.2. The Kier molecular flexibility index (Phi) is 6.78. The van der Waals surface area contributed by atoms with E-state index in [1.807, 2.05) is 0 Å². The van der Waals surface area contributed by atoms with Gasteiger partial charge in [0, 0.05) is 32.3 Å². The molecule has 3 unspecified atom stereocenters. The first-order chi connectivity index (χ1) is 8.95. The Morgan fingerprint density at radius 3 is 2.47 bits per heavy atom. The minimum absolute atomic E-state index is 0.203. The molecule has 0 amide bonds. The highest BCUT2D eigenvalue weighted by molar-refractivity contribution is 4.97. The highest BCUT2D eigenvalue weighted by atomic mass is 16.5. The van der Waals surface area contributed by atoms with E-state index in [0.29, 0.717) is 5.92 Å². The third-order valence-electron chi connectivity index (χ3n) is 4.94. The number of rotatable bonds is 7. The molecule has 1 rings (SSSR count). The van der Waals surface area contributed by atoms with Gasteiger partial charge in [-0.3, -0.25) is 4.90 Å². The first kappa shape index (κ1) is 16.9. The van der Waals surface area contributed by atoms with E-state index in [2.05, 4.69) is 32.6 Å². The van der Waals surface area contributed by atoms with Gasteiger partial charge in [-0.15, -0.1) is 0 Å². The Hall–Kier alpha value is -0.120. The highest BCUT2D eigenvalue weighted by Crippen LogP contribution is 2.39. The van der Waals surface area contributed by atoms with E-state index in [4.69, 9.17) is 10.5 Å². The van der Waals surface area contributed by atoms with Crippen LogP contribution in [-0.2, 0) is 4.74 Å². The van der Waals surface area contributed by atoms with Crippen LogP contribution in [0.25, 0.3) is 0 Å². The van der Waals surface area contributed by atoms with Crippen LogP contribution >= 0.6 is 0 Å². The Bertz CT molecular complexity index is 257. The summed E-state index contributed by atoms with van der Waals surface area (Å²) >= 11 is 0. The molecule has 0 heterocycles. The number of hydrogen-bond donors (Lipinski definition) is 1. The van der Waals surface area contributed by atoms with Gasteiger partial charge in [-0.25, -0.2) is 0 Å². The summed E-state index contributed by atoms with van der Waals surface area (Å²) in [7, 11) is 1.79. The van der Waals surface area contributed by atoms with Crippen LogP contribution in [0.5, 0.6) is 0 Å². The van der Waals surface area contributed by atoms with Crippen LogP contribution in [-0.4, -0.2) is 43.8 Å². The topological polar surface area (TPSA) is 38.5 Å². The average molecular weight is 270 g/mol. The van der Waals surface area contributed by atoms with Gasteiger partial charge in [0.15, 0.2) is 0 Å². The first-order valence-corrected chi connectivity index (χ1v) is 7.89. The predicted octanol–water partition coefficient (Wildman–Crippen LogP) is 2.74. The number of hydrogen-bond acceptors (Lipinski definition) is 3. The predicted molar refractivity (Wildman–Crippen MR) is 82.3 cm³/mol. The van der Waals surface area contributed by atoms with Crippen molar-refractivity contribution in [1.29, 1.82) is 0 Å². The van der Waals surface area contributed by atoms with Crippen LogP contribution < -0.4 is 5.73 Å². The Labute approximate surface area is 119 Å². The maximum atomic E-state index is 6.21. The zero-order valence-electron chi connectivity index (χ0n) is 13.6. The average Bonchev–Trinajstić information content (AvgIpc) is 2.37. The molecule has 1 fully saturated rings. The number of nitrogens with zero attached hydrogens (tertiary/aromatic N) is 1. The summed E-state index contributed by atoms with van der Waals surface area (Å²) in [6, 6.07) is 0. The molecule has 0 spiro atoms. The minimum Gasteiger partial charge on any atom is -0.383 e. The van der Waals surface area contributed by atoms with E-state index in [1.165, 1.54) is 19.3 Å². The molecule has 0 saturated heterocycles. The SMILES string of the molecule is COCCN(CC(C)C)C1(CN)CCC(C)C(C)C1. The lowest BCUT2D eigenvalue weighted by atomic mass is 9.70. The van der Waals surface area contributed by atoms with E-state index in [1.54, 1.807) is 7.11 Å². The number of nitrogens with two attached hydrogens (primary N) is 1. The van der Waals surface area contributed by atoms with E-state index in [9.17, 15) is 0 Å². The van der Waals surface area contributed by atoms with Gasteiger partial charge in [0.05, 0.1) is 6.61 Å². The zero-order chi connectivity index (χ0) is 14.5. The summed E-state index contributed by atoms with van der Waals surface area (Å²) in [5.41, 5.74) is 6.41. The second-order valence-corrected chi connectivity index (χ2v) is 6.96. The summed E-state index contributed by atoms with van der Waals surface area (Å²) in [5.74, 6) is 2.28. The minimum atomic E-state index is 0.203. The second-order valence-electron chi connectivity index (χ2n) is 6.96. The van der Waals surface area contributed by atoms with Crippen molar-refractivity contribution in [2.24, 2.45) is 23.5 Å². The summed E-state index contributed by atoms with van der Waals surface area (Å²) in [4.78, 5) is 2.61. The maximum absolute atomic E-state index is 6.21. The van der Waals surface area contributed by atoms with Gasteiger partial charge < -0.3 is 10.5 Å². The highest BCUT2D eigenvalue weighted by Gasteiger charge is 2.41. The van der Waals surface area contributed by atoms with Gasteiger partial charge in [-0.1, -0.05) is 27.7 Å². The van der Waals surface area contributed by atoms with E-state index in [-0.39, 0.29) is 5.54 Å². The summed E-state index contributed by atoms with van der Waals surface area (Å²) in [5, 5.41) is 0. The van der Waals surface area contributed by atoms with Gasteiger partial charge in [-0.2, -0.15) is 0 Å². The van der Waals surface area contributed by atoms with E-state index < -0.39 is 0 Å². The van der Waals surface area contributed by atoms with Gasteiger partial charge in [0.1, 0.15) is 0 Å². The third-order valence-corrected chi connectivity index (χ3v) is 4.94. The van der Waals surface area contributed by atoms with Crippen molar-refractivity contribution in [1.82, 2.24) is 4.90 Å². The lowest BCUT2D eigenvalue weighted by Gasteiger charge is -2.50. The fraction of sp³-hybridized carbons (Fsp3) is 1.00. The molecule has 1 aliphatic carbocycles. The van der Waals surface area contributed by atoms with Gasteiger partial charge in [0.25, 0.3) is 0 Å². The van der Waals surface area contributed by atoms with Crippen molar-refractivity contribution >= 4 is 0 Å². The molecule has 3 atom stereocenters. The van der Waals surface area contributed by atoms with Gasteiger partial charge in [-0.05, 0) is 37.0 Å². The first-order valence-electron chi connectivity index (χ1n) is 7.89. The molecular weight excluding hydrogens is 236 g/mol. The van der Waals surface area contributed by atoms with Crippen molar-refractivity contribution in [3.8, 4) is 0 Å². The quantitative estimate of drug-likeness (QED) is 0.773. The zero-order valence-corrected chi connectivity index (χ0v) is 13.6. The Morgan fingerprint density at radius 2 is 2.00 bits per heavy atom. The molecular formula is C16H34N2O. The molecule has 0 radical (unpaired) electrons. The van der Waals surface area contributed by atoms with Crippen molar-refractivity contribution in [3.63, 3.8) is 0 Å². The second kappa shape index (κ2) is 7.61. The Morgan fingerprint density at radius 1 is 1.32 bits per heavy atom. The molecule has 0 bridgehead atoms. The number of ether oxygens (including phenoxy) is 1. The largest absolute Gasteiger partial charge is 0.383 e. The molecule has 3 nitrogen and oxygen atoms in total. The fourth-order valence-corrected chi connectivity index (χ4v) is 3.45. The van der Waals surface area contributed by atoms with Crippen molar-refractivity contribution in [2.45, 2.75) is 52.5 Å². The van der Waals surface area contributed by atoms with Gasteiger partial charge >= 0.3 is 0 Å². The monoisotopic (exact) mass is 270 g/mol. The lowest BCUT2D eigenvalue weighted by molar-refractivity contribution is -0.00130. The van der Waals surface area contributed by atoms with Crippen LogP contribution in [0.1, 0.15) is 47.0 Å². The van der Waals surface area contributed by atoms with Crippen LogP contribution in [0.15, 0.2) is 0 Å². The van der Waals surface area contributed by atoms with Crippen LogP contribution in [0, 0.1) is 17.8 Å². The molecule has 0 aromatic carbocycles. The number of methoxy groups -OCH3 is 1. The molecule has 1 aliphatic rings. The van der Waals surface area contributed by atoms with Crippen molar-refractivity contribution in [3.05, 3.63) is 0 Å².